The molecule has 0 radical (unpaired) electrons. The smallest absolute Gasteiger partial charge is 0.403 e. The summed E-state index contributed by atoms with van der Waals surface area (Å²) in [5.41, 5.74) is 0.277. The van der Waals surface area contributed by atoms with E-state index >= 15 is 0 Å². The largest absolute Gasteiger partial charge is 0.444 e. The second-order valence-electron chi connectivity index (χ2n) is 4.52. The second kappa shape index (κ2) is 4.82. The summed E-state index contributed by atoms with van der Waals surface area (Å²) in [7, 11) is 0. The van der Waals surface area contributed by atoms with Crippen molar-refractivity contribution in [1.82, 2.24) is 5.01 Å². The van der Waals surface area contributed by atoms with Crippen LogP contribution in [0.2, 0.25) is 0 Å². The molecule has 0 fully saturated rings. The number of nitrogens with zero attached hydrogens (tertiary/aromatic N) is 2. The normalized spacial score (nSPS) is 17.9. The van der Waals surface area contributed by atoms with Crippen LogP contribution >= 0.6 is 0 Å². The Morgan fingerprint density at radius 2 is 1.76 bits per heavy atom. The number of carbonyl (C=O) groups excluding carboxylic acids is 3. The molecule has 1 aromatic carbocycles. The van der Waals surface area contributed by atoms with Gasteiger partial charge in [0.05, 0.1) is 12.2 Å². The number of hydrazine groups is 1. The van der Waals surface area contributed by atoms with E-state index in [9.17, 15) is 14.4 Å². The fraction of sp³-hybridized carbons (Fsp3) is 0.0667. The van der Waals surface area contributed by atoms with Gasteiger partial charge in [-0.05, 0) is 24.1 Å². The molecule has 0 bridgehead atoms. The maximum absolute atomic E-state index is 12.0. The van der Waals surface area contributed by atoms with Crippen LogP contribution in [0.15, 0.2) is 54.1 Å². The van der Waals surface area contributed by atoms with Crippen LogP contribution in [0.25, 0.3) is 0 Å². The number of hydrogen-bond acceptors (Lipinski definition) is 4. The molecule has 0 aliphatic carbocycles. The molecule has 0 aromatic heterocycles. The minimum atomic E-state index is -0.566. The van der Waals surface area contributed by atoms with Crippen molar-refractivity contribution in [1.29, 1.82) is 0 Å². The van der Waals surface area contributed by atoms with Crippen molar-refractivity contribution in [2.75, 3.05) is 0 Å². The SMILES string of the molecule is CC1=CC(=O)N([N+]2=C(Oc3ccccc3)C=CC2=O)C1=O. The van der Waals surface area contributed by atoms with Crippen molar-refractivity contribution in [2.45, 2.75) is 6.92 Å². The number of rotatable bonds is 2. The molecular formula is C15H11N2O4+. The van der Waals surface area contributed by atoms with Gasteiger partial charge in [-0.25, -0.2) is 4.79 Å². The summed E-state index contributed by atoms with van der Waals surface area (Å²) in [5.74, 6) is -1.00. The van der Waals surface area contributed by atoms with Gasteiger partial charge in [-0.2, -0.15) is 0 Å². The summed E-state index contributed by atoms with van der Waals surface area (Å²) in [6.45, 7) is 1.52. The topological polar surface area (TPSA) is 66.7 Å². The van der Waals surface area contributed by atoms with E-state index in [1.807, 2.05) is 6.07 Å². The van der Waals surface area contributed by atoms with Crippen LogP contribution in [-0.4, -0.2) is 33.3 Å². The molecule has 0 spiro atoms. The Morgan fingerprint density at radius 1 is 1.05 bits per heavy atom. The van der Waals surface area contributed by atoms with Gasteiger partial charge in [0.1, 0.15) is 5.75 Å². The Balaban J connectivity index is 1.98. The number of imide groups is 1. The minimum Gasteiger partial charge on any atom is -0.403 e. The standard InChI is InChI=1S/C15H11N2O4/c1-10-9-13(19)17(15(10)20)16-12(18)7-8-14(16)21-11-5-3-2-4-6-11/h2-9H,1H3/q+1. The molecule has 0 atom stereocenters. The molecule has 6 heteroatoms. The fourth-order valence-corrected chi connectivity index (χ4v) is 2.04. The molecule has 3 amide bonds. The third-order valence-electron chi connectivity index (χ3n) is 3.03. The highest BCUT2D eigenvalue weighted by atomic mass is 16.5. The molecule has 2 heterocycles. The lowest BCUT2D eigenvalue weighted by Crippen LogP contribution is -2.45. The zero-order valence-electron chi connectivity index (χ0n) is 11.1. The van der Waals surface area contributed by atoms with Gasteiger partial charge in [0.15, 0.2) is 0 Å². The number of ether oxygens (including phenoxy) is 1. The first-order valence-corrected chi connectivity index (χ1v) is 6.26. The van der Waals surface area contributed by atoms with Crippen molar-refractivity contribution in [3.63, 3.8) is 0 Å². The Morgan fingerprint density at radius 3 is 2.38 bits per heavy atom. The van der Waals surface area contributed by atoms with Gasteiger partial charge < -0.3 is 4.74 Å². The Hall–Kier alpha value is -3.02. The summed E-state index contributed by atoms with van der Waals surface area (Å²) in [4.78, 5) is 35.8. The molecule has 2 aliphatic heterocycles. The first-order valence-electron chi connectivity index (χ1n) is 6.26. The van der Waals surface area contributed by atoms with E-state index in [1.165, 1.54) is 25.2 Å². The first-order chi connectivity index (χ1) is 10.1. The van der Waals surface area contributed by atoms with Crippen LogP contribution in [0.1, 0.15) is 6.92 Å². The van der Waals surface area contributed by atoms with Gasteiger partial charge in [-0.15, -0.1) is 0 Å². The van der Waals surface area contributed by atoms with Crippen LogP contribution in [0.3, 0.4) is 0 Å². The molecule has 1 aromatic rings. The number of hydrogen-bond donors (Lipinski definition) is 0. The van der Waals surface area contributed by atoms with Gasteiger partial charge in [0, 0.05) is 16.3 Å². The van der Waals surface area contributed by atoms with Gasteiger partial charge in [0.2, 0.25) is 0 Å². The summed E-state index contributed by atoms with van der Waals surface area (Å²) in [6.07, 6.45) is 3.85. The molecule has 0 unspecified atom stereocenters. The quantitative estimate of drug-likeness (QED) is 0.595. The average Bonchev–Trinajstić information content (AvgIpc) is 2.93. The van der Waals surface area contributed by atoms with E-state index < -0.39 is 17.7 Å². The summed E-state index contributed by atoms with van der Waals surface area (Å²) in [5, 5.41) is 0.774. The zero-order valence-corrected chi connectivity index (χ0v) is 11.1. The molecule has 0 saturated carbocycles. The van der Waals surface area contributed by atoms with Crippen molar-refractivity contribution in [3.8, 4) is 5.75 Å². The maximum atomic E-state index is 12.0. The van der Waals surface area contributed by atoms with E-state index in [1.54, 1.807) is 24.3 Å². The number of hydrazone groups is 1. The number of amides is 3. The third-order valence-corrected chi connectivity index (χ3v) is 3.03. The van der Waals surface area contributed by atoms with Crippen LogP contribution in [0.4, 0.5) is 0 Å². The average molecular weight is 283 g/mol. The highest BCUT2D eigenvalue weighted by Gasteiger charge is 2.45. The number of para-hydroxylation sites is 1. The van der Waals surface area contributed by atoms with Crippen molar-refractivity contribution < 1.29 is 23.8 Å². The first kappa shape index (κ1) is 13.0. The Bertz CT molecular complexity index is 744. The van der Waals surface area contributed by atoms with Gasteiger partial charge >= 0.3 is 23.6 Å². The van der Waals surface area contributed by atoms with E-state index in [0.29, 0.717) is 5.75 Å². The van der Waals surface area contributed by atoms with Gasteiger partial charge in [-0.3, -0.25) is 9.59 Å². The monoisotopic (exact) mass is 283 g/mol. The number of carbonyl (C=O) groups is 3. The summed E-state index contributed by atoms with van der Waals surface area (Å²) in [6, 6.07) is 8.79. The zero-order chi connectivity index (χ0) is 15.0. The van der Waals surface area contributed by atoms with Crippen molar-refractivity contribution in [3.05, 3.63) is 54.1 Å². The van der Waals surface area contributed by atoms with E-state index in [2.05, 4.69) is 0 Å². The van der Waals surface area contributed by atoms with Crippen LogP contribution in [0.5, 0.6) is 5.75 Å². The molecule has 21 heavy (non-hydrogen) atoms. The lowest BCUT2D eigenvalue weighted by Gasteiger charge is -2.08. The molecular weight excluding hydrogens is 272 g/mol. The molecule has 3 rings (SSSR count). The molecule has 0 saturated heterocycles. The fourth-order valence-electron chi connectivity index (χ4n) is 2.04. The van der Waals surface area contributed by atoms with E-state index in [4.69, 9.17) is 4.74 Å². The molecule has 6 nitrogen and oxygen atoms in total. The van der Waals surface area contributed by atoms with Crippen LogP contribution in [0, 0.1) is 0 Å². The predicted molar refractivity (Wildman–Crippen MR) is 72.1 cm³/mol. The second-order valence-corrected chi connectivity index (χ2v) is 4.52. The van der Waals surface area contributed by atoms with E-state index in [-0.39, 0.29) is 11.5 Å². The van der Waals surface area contributed by atoms with Crippen LogP contribution < -0.4 is 4.74 Å². The highest BCUT2D eigenvalue weighted by Crippen LogP contribution is 2.17. The Kier molecular flexibility index (Phi) is 2.98. The molecule has 104 valence electrons. The van der Waals surface area contributed by atoms with Gasteiger partial charge in [-0.1, -0.05) is 18.2 Å². The summed E-state index contributed by atoms with van der Waals surface area (Å²) >= 11 is 0. The van der Waals surface area contributed by atoms with Crippen molar-refractivity contribution in [2.24, 2.45) is 0 Å². The van der Waals surface area contributed by atoms with E-state index in [0.717, 1.165) is 9.69 Å². The minimum absolute atomic E-state index is 0.107. The lowest BCUT2D eigenvalue weighted by atomic mass is 10.3. The van der Waals surface area contributed by atoms with Gasteiger partial charge in [0.25, 0.3) is 0 Å². The van der Waals surface area contributed by atoms with Crippen LogP contribution in [-0.2, 0) is 14.4 Å². The Labute approximate surface area is 120 Å². The lowest BCUT2D eigenvalue weighted by molar-refractivity contribution is -0.575. The predicted octanol–water partition coefficient (Wildman–Crippen LogP) is 0.803. The third kappa shape index (κ3) is 2.16. The highest BCUT2D eigenvalue weighted by molar-refractivity contribution is 6.16. The number of benzene rings is 1. The maximum Gasteiger partial charge on any atom is 0.444 e. The summed E-state index contributed by atoms with van der Waals surface area (Å²) < 4.78 is 6.50. The molecule has 2 aliphatic rings. The molecule has 0 N–H and O–H groups in total. The van der Waals surface area contributed by atoms with Crippen molar-refractivity contribution >= 4 is 23.6 Å².